The molecule has 112 valence electrons. The quantitative estimate of drug-likeness (QED) is 0.591. The van der Waals surface area contributed by atoms with Gasteiger partial charge < -0.3 is 0 Å². The highest BCUT2D eigenvalue weighted by molar-refractivity contribution is 9.10. The second-order valence-electron chi connectivity index (χ2n) is 5.16. The zero-order valence-corrected chi connectivity index (χ0v) is 13.7. The summed E-state index contributed by atoms with van der Waals surface area (Å²) in [6.07, 6.45) is -2.47. The van der Waals surface area contributed by atoms with Crippen molar-refractivity contribution in [1.29, 1.82) is 0 Å². The molecule has 22 heavy (non-hydrogen) atoms. The van der Waals surface area contributed by atoms with Crippen LogP contribution in [0.25, 0.3) is 22.2 Å². The second kappa shape index (κ2) is 5.72. The van der Waals surface area contributed by atoms with Crippen molar-refractivity contribution in [2.45, 2.75) is 20.3 Å². The number of halogens is 3. The van der Waals surface area contributed by atoms with Crippen molar-refractivity contribution in [3.8, 4) is 11.3 Å². The minimum Gasteiger partial charge on any atom is -0.233 e. The molecule has 0 aliphatic carbocycles. The summed E-state index contributed by atoms with van der Waals surface area (Å²) in [5.41, 5.74) is 3.25. The first-order valence-electron chi connectivity index (χ1n) is 6.78. The maximum absolute atomic E-state index is 12.8. The van der Waals surface area contributed by atoms with E-state index in [0.717, 1.165) is 32.2 Å². The van der Waals surface area contributed by atoms with E-state index in [1.54, 1.807) is 6.07 Å². The lowest BCUT2D eigenvalue weighted by atomic mass is 9.99. The Morgan fingerprint density at radius 1 is 1.00 bits per heavy atom. The van der Waals surface area contributed by atoms with Gasteiger partial charge in [0.25, 0.3) is 6.43 Å². The summed E-state index contributed by atoms with van der Waals surface area (Å²) >= 11 is 3.43. The molecule has 0 atom stereocenters. The number of fused-ring (bicyclic) bond motifs is 1. The number of aromatic nitrogens is 2. The van der Waals surface area contributed by atoms with Gasteiger partial charge in [0, 0.05) is 21.0 Å². The lowest BCUT2D eigenvalue weighted by Crippen LogP contribution is -1.96. The molecule has 2 aromatic carbocycles. The molecule has 5 heteroatoms. The monoisotopic (exact) mass is 362 g/mol. The fourth-order valence-corrected chi connectivity index (χ4v) is 2.86. The van der Waals surface area contributed by atoms with Crippen molar-refractivity contribution in [3.63, 3.8) is 0 Å². The van der Waals surface area contributed by atoms with Crippen molar-refractivity contribution in [1.82, 2.24) is 9.97 Å². The maximum Gasteiger partial charge on any atom is 0.263 e. The smallest absolute Gasteiger partial charge is 0.233 e. The molecular weight excluding hydrogens is 350 g/mol. The largest absolute Gasteiger partial charge is 0.263 e. The van der Waals surface area contributed by atoms with Crippen LogP contribution in [0.1, 0.15) is 23.4 Å². The number of alkyl halides is 2. The van der Waals surface area contributed by atoms with E-state index in [4.69, 9.17) is 0 Å². The highest BCUT2D eigenvalue weighted by atomic mass is 79.9. The molecular formula is C17H13BrF2N2. The lowest BCUT2D eigenvalue weighted by Gasteiger charge is -2.11. The first-order chi connectivity index (χ1) is 10.5. The van der Waals surface area contributed by atoms with Crippen molar-refractivity contribution < 1.29 is 8.78 Å². The van der Waals surface area contributed by atoms with E-state index < -0.39 is 6.43 Å². The third-order valence-corrected chi connectivity index (χ3v) is 4.02. The molecule has 0 unspecified atom stereocenters. The fourth-order valence-electron chi connectivity index (χ4n) is 2.51. The number of rotatable bonds is 2. The molecule has 0 aliphatic heterocycles. The average molecular weight is 363 g/mol. The molecule has 0 saturated carbocycles. The van der Waals surface area contributed by atoms with Crippen LogP contribution in [0.4, 0.5) is 8.78 Å². The highest BCUT2D eigenvalue weighted by Crippen LogP contribution is 2.32. The van der Waals surface area contributed by atoms with E-state index in [2.05, 4.69) is 25.9 Å². The first kappa shape index (κ1) is 15.0. The van der Waals surface area contributed by atoms with E-state index >= 15 is 0 Å². The van der Waals surface area contributed by atoms with Crippen LogP contribution in [0.2, 0.25) is 0 Å². The molecule has 2 nitrogen and oxygen atoms in total. The fraction of sp³-hybridized carbons (Fsp3) is 0.176. The highest BCUT2D eigenvalue weighted by Gasteiger charge is 2.13. The van der Waals surface area contributed by atoms with Crippen LogP contribution >= 0.6 is 15.9 Å². The Bertz CT molecular complexity index is 857. The standard InChI is InChI=1S/C17H13BrF2N2/c1-9-7-11(17(19)20)3-5-13(9)16-14-6-4-12(18)8-15(14)21-10(2)22-16/h3-8,17H,1-2H3. The molecule has 0 amide bonds. The summed E-state index contributed by atoms with van der Waals surface area (Å²) in [7, 11) is 0. The van der Waals surface area contributed by atoms with Gasteiger partial charge in [-0.1, -0.05) is 28.1 Å². The predicted molar refractivity (Wildman–Crippen MR) is 87.1 cm³/mol. The van der Waals surface area contributed by atoms with Gasteiger partial charge in [-0.15, -0.1) is 0 Å². The first-order valence-corrected chi connectivity index (χ1v) is 7.58. The molecule has 0 fully saturated rings. The minimum absolute atomic E-state index is 0.0269. The van der Waals surface area contributed by atoms with E-state index in [-0.39, 0.29) is 5.56 Å². The van der Waals surface area contributed by atoms with Crippen LogP contribution in [0.5, 0.6) is 0 Å². The molecule has 0 radical (unpaired) electrons. The van der Waals surface area contributed by atoms with Gasteiger partial charge in [0.1, 0.15) is 5.82 Å². The summed E-state index contributed by atoms with van der Waals surface area (Å²) in [5.74, 6) is 0.651. The van der Waals surface area contributed by atoms with Gasteiger partial charge in [-0.2, -0.15) is 0 Å². The summed E-state index contributed by atoms with van der Waals surface area (Å²) in [6, 6.07) is 10.5. The summed E-state index contributed by atoms with van der Waals surface area (Å²) in [5, 5.41) is 0.904. The zero-order valence-electron chi connectivity index (χ0n) is 12.1. The Balaban J connectivity index is 2.26. The SMILES string of the molecule is Cc1nc(-c2ccc(C(F)F)cc2C)c2ccc(Br)cc2n1. The summed E-state index contributed by atoms with van der Waals surface area (Å²) < 4.78 is 26.6. The Morgan fingerprint density at radius 2 is 1.77 bits per heavy atom. The van der Waals surface area contributed by atoms with Gasteiger partial charge >= 0.3 is 0 Å². The van der Waals surface area contributed by atoms with E-state index in [9.17, 15) is 8.78 Å². The van der Waals surface area contributed by atoms with E-state index in [1.807, 2.05) is 32.0 Å². The normalized spacial score (nSPS) is 11.4. The van der Waals surface area contributed by atoms with Crippen molar-refractivity contribution in [2.75, 3.05) is 0 Å². The third-order valence-electron chi connectivity index (χ3n) is 3.53. The van der Waals surface area contributed by atoms with Crippen LogP contribution in [-0.2, 0) is 0 Å². The number of nitrogens with zero attached hydrogens (tertiary/aromatic N) is 2. The zero-order chi connectivity index (χ0) is 15.9. The number of aryl methyl sites for hydroxylation is 2. The lowest BCUT2D eigenvalue weighted by molar-refractivity contribution is 0.151. The maximum atomic E-state index is 12.8. The van der Waals surface area contributed by atoms with Gasteiger partial charge in [-0.3, -0.25) is 0 Å². The molecule has 0 N–H and O–H groups in total. The Morgan fingerprint density at radius 3 is 2.45 bits per heavy atom. The van der Waals surface area contributed by atoms with Gasteiger partial charge in [0.15, 0.2) is 0 Å². The molecule has 0 bridgehead atoms. The second-order valence-corrected chi connectivity index (χ2v) is 6.07. The number of hydrogen-bond acceptors (Lipinski definition) is 2. The molecule has 0 saturated heterocycles. The molecule has 1 heterocycles. The molecule has 3 aromatic rings. The van der Waals surface area contributed by atoms with Gasteiger partial charge in [-0.05, 0) is 43.7 Å². The van der Waals surface area contributed by atoms with Gasteiger partial charge in [-0.25, -0.2) is 18.7 Å². The third kappa shape index (κ3) is 2.73. The van der Waals surface area contributed by atoms with Crippen molar-refractivity contribution in [3.05, 3.63) is 57.8 Å². The molecule has 0 aliphatic rings. The summed E-state index contributed by atoms with van der Waals surface area (Å²) in [6.45, 7) is 3.65. The topological polar surface area (TPSA) is 25.8 Å². The van der Waals surface area contributed by atoms with Crippen LogP contribution in [0.15, 0.2) is 40.9 Å². The predicted octanol–water partition coefficient (Wildman–Crippen LogP) is 5.61. The Labute approximate surface area is 135 Å². The minimum atomic E-state index is -2.47. The average Bonchev–Trinajstić information content (AvgIpc) is 2.45. The van der Waals surface area contributed by atoms with Gasteiger partial charge in [0.2, 0.25) is 0 Å². The van der Waals surface area contributed by atoms with E-state index in [0.29, 0.717) is 5.82 Å². The van der Waals surface area contributed by atoms with E-state index in [1.165, 1.54) is 12.1 Å². The molecule has 3 rings (SSSR count). The van der Waals surface area contributed by atoms with Crippen LogP contribution in [-0.4, -0.2) is 9.97 Å². The number of hydrogen-bond donors (Lipinski definition) is 0. The molecule has 0 spiro atoms. The van der Waals surface area contributed by atoms with Gasteiger partial charge in [0.05, 0.1) is 11.2 Å². The van der Waals surface area contributed by atoms with Crippen LogP contribution in [0.3, 0.4) is 0 Å². The van der Waals surface area contributed by atoms with Crippen LogP contribution in [0, 0.1) is 13.8 Å². The molecule has 1 aromatic heterocycles. The Hall–Kier alpha value is -1.88. The van der Waals surface area contributed by atoms with Crippen LogP contribution < -0.4 is 0 Å². The summed E-state index contributed by atoms with van der Waals surface area (Å²) in [4.78, 5) is 8.96. The number of benzene rings is 2. The van der Waals surface area contributed by atoms with Crippen molar-refractivity contribution in [2.24, 2.45) is 0 Å². The Kier molecular flexibility index (Phi) is 3.91. The van der Waals surface area contributed by atoms with Crippen molar-refractivity contribution >= 4 is 26.8 Å².